The highest BCUT2D eigenvalue weighted by Crippen LogP contribution is 2.28. The number of imidazole rings is 1. The highest BCUT2D eigenvalue weighted by molar-refractivity contribution is 6.30. The molecule has 0 bridgehead atoms. The molecule has 3 rings (SSSR count). The number of ether oxygens (including phenoxy) is 1. The molecule has 0 N–H and O–H groups in total. The number of aromatic nitrogens is 3. The van der Waals surface area contributed by atoms with Gasteiger partial charge in [0.15, 0.2) is 0 Å². The van der Waals surface area contributed by atoms with E-state index in [0.717, 1.165) is 11.1 Å². The fourth-order valence-corrected chi connectivity index (χ4v) is 2.75. The minimum absolute atomic E-state index is 0.0305. The quantitative estimate of drug-likeness (QED) is 0.496. The van der Waals surface area contributed by atoms with E-state index < -0.39 is 0 Å². The number of carbonyl (C=O) groups excluding carboxylic acids is 1. The molecule has 1 unspecified atom stereocenters. The zero-order valence-corrected chi connectivity index (χ0v) is 14.5. The van der Waals surface area contributed by atoms with Crippen LogP contribution in [0.15, 0.2) is 67.5 Å². The van der Waals surface area contributed by atoms with Gasteiger partial charge in [-0.05, 0) is 36.2 Å². The second-order valence-corrected chi connectivity index (χ2v) is 5.86. The van der Waals surface area contributed by atoms with Crippen LogP contribution >= 0.6 is 11.6 Å². The summed E-state index contributed by atoms with van der Waals surface area (Å²) in [4.78, 5) is 15.6. The molecule has 2 heterocycles. The molecule has 0 radical (unpaired) electrons. The summed E-state index contributed by atoms with van der Waals surface area (Å²) in [5.41, 5.74) is 2.16. The Morgan fingerprint density at radius 3 is 2.72 bits per heavy atom. The number of hydrogen-bond acceptors (Lipinski definition) is 3. The lowest BCUT2D eigenvalue weighted by Crippen LogP contribution is -2.09. The molecule has 0 amide bonds. The van der Waals surface area contributed by atoms with Crippen molar-refractivity contribution < 1.29 is 9.53 Å². The first-order chi connectivity index (χ1) is 12.2. The third-order valence-electron chi connectivity index (χ3n) is 3.73. The van der Waals surface area contributed by atoms with Gasteiger partial charge in [-0.1, -0.05) is 23.7 Å². The molecule has 0 spiro atoms. The van der Waals surface area contributed by atoms with Crippen LogP contribution in [0, 0.1) is 0 Å². The molecule has 0 fully saturated rings. The third-order valence-corrected chi connectivity index (χ3v) is 3.98. The largest absolute Gasteiger partial charge is 0.463 e. The van der Waals surface area contributed by atoms with Crippen molar-refractivity contribution in [2.45, 2.75) is 13.0 Å². The van der Waals surface area contributed by atoms with E-state index in [-0.39, 0.29) is 12.0 Å². The average molecular weight is 356 g/mol. The summed E-state index contributed by atoms with van der Waals surface area (Å²) in [5, 5.41) is 0.697. The Morgan fingerprint density at radius 1 is 1.24 bits per heavy atom. The molecule has 0 saturated heterocycles. The van der Waals surface area contributed by atoms with Gasteiger partial charge < -0.3 is 13.9 Å². The molecule has 25 heavy (non-hydrogen) atoms. The minimum Gasteiger partial charge on any atom is -0.463 e. The molecule has 0 saturated carbocycles. The maximum absolute atomic E-state index is 11.4. The number of carbonyl (C=O) groups is 1. The molecule has 128 valence electrons. The SMILES string of the molecule is CCOC(=O)/C=C/n1ccc(C(c2ccc(Cl)cc2)n2ccnc2)c1. The van der Waals surface area contributed by atoms with Gasteiger partial charge in [0.25, 0.3) is 0 Å². The van der Waals surface area contributed by atoms with E-state index in [1.807, 2.05) is 58.1 Å². The van der Waals surface area contributed by atoms with Crippen molar-refractivity contribution in [2.24, 2.45) is 0 Å². The summed E-state index contributed by atoms with van der Waals surface area (Å²) in [7, 11) is 0. The maximum atomic E-state index is 11.4. The van der Waals surface area contributed by atoms with Gasteiger partial charge in [-0.25, -0.2) is 9.78 Å². The van der Waals surface area contributed by atoms with Crippen molar-refractivity contribution in [1.82, 2.24) is 14.1 Å². The van der Waals surface area contributed by atoms with E-state index in [2.05, 4.69) is 4.98 Å². The topological polar surface area (TPSA) is 49.0 Å². The van der Waals surface area contributed by atoms with E-state index in [4.69, 9.17) is 16.3 Å². The molecule has 0 aliphatic heterocycles. The highest BCUT2D eigenvalue weighted by Gasteiger charge is 2.16. The average Bonchev–Trinajstić information content (AvgIpc) is 3.28. The van der Waals surface area contributed by atoms with Crippen LogP contribution in [0.3, 0.4) is 0 Å². The Hall–Kier alpha value is -2.79. The summed E-state index contributed by atoms with van der Waals surface area (Å²) in [6.07, 6.45) is 12.4. The Balaban J connectivity index is 1.90. The van der Waals surface area contributed by atoms with Gasteiger partial charge in [0.2, 0.25) is 0 Å². The molecular weight excluding hydrogens is 338 g/mol. The highest BCUT2D eigenvalue weighted by atomic mass is 35.5. The first-order valence-corrected chi connectivity index (χ1v) is 8.30. The van der Waals surface area contributed by atoms with Gasteiger partial charge in [-0.15, -0.1) is 0 Å². The predicted molar refractivity (Wildman–Crippen MR) is 97.3 cm³/mol. The van der Waals surface area contributed by atoms with Crippen molar-refractivity contribution in [3.05, 3.63) is 83.7 Å². The minimum atomic E-state index is -0.360. The van der Waals surface area contributed by atoms with Crippen molar-refractivity contribution in [2.75, 3.05) is 6.61 Å². The molecule has 3 aromatic rings. The smallest absolute Gasteiger partial charge is 0.332 e. The van der Waals surface area contributed by atoms with Gasteiger partial charge in [0.1, 0.15) is 0 Å². The molecule has 1 aromatic carbocycles. The van der Waals surface area contributed by atoms with Gasteiger partial charge in [-0.3, -0.25) is 0 Å². The number of esters is 1. The first kappa shape index (κ1) is 17.0. The summed E-state index contributed by atoms with van der Waals surface area (Å²) in [5.74, 6) is -0.360. The fourth-order valence-electron chi connectivity index (χ4n) is 2.63. The van der Waals surface area contributed by atoms with Crippen LogP contribution in [-0.4, -0.2) is 26.7 Å². The van der Waals surface area contributed by atoms with Gasteiger partial charge in [0.05, 0.1) is 19.0 Å². The number of hydrogen-bond donors (Lipinski definition) is 0. The van der Waals surface area contributed by atoms with E-state index >= 15 is 0 Å². The van der Waals surface area contributed by atoms with Gasteiger partial charge in [-0.2, -0.15) is 0 Å². The zero-order chi connectivity index (χ0) is 17.6. The van der Waals surface area contributed by atoms with Crippen molar-refractivity contribution in [1.29, 1.82) is 0 Å². The number of halogens is 1. The Morgan fingerprint density at radius 2 is 2.04 bits per heavy atom. The third kappa shape index (κ3) is 4.19. The van der Waals surface area contributed by atoms with E-state index in [1.165, 1.54) is 6.08 Å². The van der Waals surface area contributed by atoms with Crippen LogP contribution < -0.4 is 0 Å². The summed E-state index contributed by atoms with van der Waals surface area (Å²) >= 11 is 6.01. The number of benzene rings is 1. The lowest BCUT2D eigenvalue weighted by Gasteiger charge is -2.18. The summed E-state index contributed by atoms with van der Waals surface area (Å²) < 4.78 is 8.74. The van der Waals surface area contributed by atoms with E-state index in [0.29, 0.717) is 11.6 Å². The summed E-state index contributed by atoms with van der Waals surface area (Å²) in [6.45, 7) is 2.14. The molecule has 0 aliphatic carbocycles. The van der Waals surface area contributed by atoms with Crippen LogP contribution in [-0.2, 0) is 9.53 Å². The van der Waals surface area contributed by atoms with Crippen LogP contribution in [0.4, 0.5) is 0 Å². The lowest BCUT2D eigenvalue weighted by atomic mass is 10.0. The predicted octanol–water partition coefficient (Wildman–Crippen LogP) is 4.01. The molecular formula is C19H18ClN3O2. The van der Waals surface area contributed by atoms with Crippen LogP contribution in [0.2, 0.25) is 5.02 Å². The molecule has 0 aliphatic rings. The lowest BCUT2D eigenvalue weighted by molar-refractivity contribution is -0.137. The van der Waals surface area contributed by atoms with Gasteiger partial charge in [0, 0.05) is 42.1 Å². The molecule has 5 nitrogen and oxygen atoms in total. The zero-order valence-electron chi connectivity index (χ0n) is 13.7. The van der Waals surface area contributed by atoms with Crippen molar-refractivity contribution >= 4 is 23.8 Å². The number of rotatable bonds is 6. The first-order valence-electron chi connectivity index (χ1n) is 7.92. The monoisotopic (exact) mass is 355 g/mol. The van der Waals surface area contributed by atoms with Crippen LogP contribution in [0.5, 0.6) is 0 Å². The molecule has 1 atom stereocenters. The fraction of sp³-hybridized carbons (Fsp3) is 0.158. The second kappa shape index (κ2) is 7.85. The standard InChI is InChI=1S/C19H18ClN3O2/c1-2-25-18(24)8-11-22-10-7-16(13-22)19(23-12-9-21-14-23)15-3-5-17(20)6-4-15/h3-14,19H,2H2,1H3/b11-8+. The Labute approximate surface area is 151 Å². The van der Waals surface area contributed by atoms with Gasteiger partial charge >= 0.3 is 5.97 Å². The van der Waals surface area contributed by atoms with Crippen molar-refractivity contribution in [3.8, 4) is 0 Å². The summed E-state index contributed by atoms with van der Waals surface area (Å²) in [6, 6.07) is 9.72. The molecule has 6 heteroatoms. The van der Waals surface area contributed by atoms with E-state index in [1.54, 1.807) is 25.6 Å². The normalized spacial score (nSPS) is 12.4. The molecule has 2 aromatic heterocycles. The Kier molecular flexibility index (Phi) is 5.36. The number of nitrogens with zero attached hydrogens (tertiary/aromatic N) is 3. The van der Waals surface area contributed by atoms with Crippen molar-refractivity contribution in [3.63, 3.8) is 0 Å². The van der Waals surface area contributed by atoms with Crippen LogP contribution in [0.25, 0.3) is 6.20 Å². The Bertz CT molecular complexity index is 851. The maximum Gasteiger partial charge on any atom is 0.332 e. The van der Waals surface area contributed by atoms with E-state index in [9.17, 15) is 4.79 Å². The second-order valence-electron chi connectivity index (χ2n) is 5.42. The van der Waals surface area contributed by atoms with Crippen LogP contribution in [0.1, 0.15) is 24.1 Å².